The van der Waals surface area contributed by atoms with Crippen LogP contribution in [0.5, 0.6) is 5.75 Å². The molecule has 0 aliphatic rings. The first-order chi connectivity index (χ1) is 10.0. The van der Waals surface area contributed by atoms with Crippen molar-refractivity contribution in [1.29, 1.82) is 0 Å². The van der Waals surface area contributed by atoms with Gasteiger partial charge in [-0.05, 0) is 42.0 Å². The predicted molar refractivity (Wildman–Crippen MR) is 73.8 cm³/mol. The van der Waals surface area contributed by atoms with Gasteiger partial charge in [-0.3, -0.25) is 0 Å². The van der Waals surface area contributed by atoms with Crippen LogP contribution < -0.4 is 4.74 Å². The Balaban J connectivity index is 2.15. The van der Waals surface area contributed by atoms with Crippen LogP contribution >= 0.6 is 0 Å². The van der Waals surface area contributed by atoms with Crippen molar-refractivity contribution >= 4 is 12.0 Å². The molecule has 2 rings (SSSR count). The van der Waals surface area contributed by atoms with Crippen molar-refractivity contribution in [3.05, 3.63) is 71.3 Å². The zero-order valence-electron chi connectivity index (χ0n) is 10.9. The Hall–Kier alpha value is -2.69. The van der Waals surface area contributed by atoms with Crippen molar-refractivity contribution in [1.82, 2.24) is 0 Å². The fourth-order valence-corrected chi connectivity index (χ4v) is 1.68. The number of benzene rings is 2. The van der Waals surface area contributed by atoms with Gasteiger partial charge in [0.1, 0.15) is 24.0 Å². The monoisotopic (exact) mass is 290 g/mol. The van der Waals surface area contributed by atoms with Gasteiger partial charge in [-0.1, -0.05) is 12.1 Å². The molecule has 2 aromatic carbocycles. The van der Waals surface area contributed by atoms with Gasteiger partial charge in [-0.2, -0.15) is 0 Å². The first-order valence-corrected chi connectivity index (χ1v) is 6.12. The maximum absolute atomic E-state index is 13.2. The normalized spacial score (nSPS) is 10.8. The molecule has 0 saturated heterocycles. The third-order valence-corrected chi connectivity index (χ3v) is 2.68. The largest absolute Gasteiger partial charge is 0.488 e. The number of hydrogen-bond acceptors (Lipinski definition) is 2. The lowest BCUT2D eigenvalue weighted by Gasteiger charge is -2.09. The molecule has 108 valence electrons. The fraction of sp³-hybridized carbons (Fsp3) is 0.0625. The Bertz CT molecular complexity index is 664. The van der Waals surface area contributed by atoms with Gasteiger partial charge in [-0.25, -0.2) is 13.6 Å². The molecule has 0 spiro atoms. The van der Waals surface area contributed by atoms with Gasteiger partial charge < -0.3 is 9.84 Å². The van der Waals surface area contributed by atoms with Crippen LogP contribution in [-0.4, -0.2) is 11.1 Å². The molecule has 1 N–H and O–H groups in total. The van der Waals surface area contributed by atoms with Gasteiger partial charge in [-0.15, -0.1) is 0 Å². The molecule has 0 saturated carbocycles. The minimum atomic E-state index is -1.14. The maximum atomic E-state index is 13.2. The van der Waals surface area contributed by atoms with Crippen molar-refractivity contribution < 1.29 is 23.4 Å². The quantitative estimate of drug-likeness (QED) is 0.855. The SMILES string of the molecule is O=C(O)/C=C/c1cc(F)ccc1OCc1ccc(F)cc1. The Kier molecular flexibility index (Phi) is 4.66. The summed E-state index contributed by atoms with van der Waals surface area (Å²) in [6.07, 6.45) is 2.16. The summed E-state index contributed by atoms with van der Waals surface area (Å²) in [7, 11) is 0. The van der Waals surface area contributed by atoms with E-state index in [2.05, 4.69) is 0 Å². The molecule has 2 aromatic rings. The van der Waals surface area contributed by atoms with Gasteiger partial charge in [0.15, 0.2) is 0 Å². The molecule has 0 aliphatic heterocycles. The van der Waals surface area contributed by atoms with Crippen LogP contribution in [0.3, 0.4) is 0 Å². The minimum absolute atomic E-state index is 0.166. The van der Waals surface area contributed by atoms with Crippen LogP contribution in [0.1, 0.15) is 11.1 Å². The number of carboxylic acid groups (broad SMARTS) is 1. The summed E-state index contributed by atoms with van der Waals surface area (Å²) < 4.78 is 31.5. The molecule has 0 bridgehead atoms. The van der Waals surface area contributed by atoms with Crippen molar-refractivity contribution in [2.75, 3.05) is 0 Å². The number of carbonyl (C=O) groups is 1. The van der Waals surface area contributed by atoms with E-state index in [4.69, 9.17) is 9.84 Å². The average molecular weight is 290 g/mol. The predicted octanol–water partition coefficient (Wildman–Crippen LogP) is 3.64. The van der Waals surface area contributed by atoms with Crippen molar-refractivity contribution in [2.24, 2.45) is 0 Å². The third-order valence-electron chi connectivity index (χ3n) is 2.68. The van der Waals surface area contributed by atoms with Crippen LogP contribution in [0.25, 0.3) is 6.08 Å². The lowest BCUT2D eigenvalue weighted by Crippen LogP contribution is -1.98. The molecule has 3 nitrogen and oxygen atoms in total. The lowest BCUT2D eigenvalue weighted by molar-refractivity contribution is -0.131. The van der Waals surface area contributed by atoms with Gasteiger partial charge in [0.25, 0.3) is 0 Å². The highest BCUT2D eigenvalue weighted by molar-refractivity contribution is 5.85. The Labute approximate surface area is 120 Å². The number of rotatable bonds is 5. The van der Waals surface area contributed by atoms with E-state index in [0.717, 1.165) is 11.6 Å². The molecule has 0 unspecified atom stereocenters. The average Bonchev–Trinajstić information content (AvgIpc) is 2.45. The second kappa shape index (κ2) is 6.65. The first kappa shape index (κ1) is 14.7. The van der Waals surface area contributed by atoms with Crippen LogP contribution in [0.15, 0.2) is 48.5 Å². The van der Waals surface area contributed by atoms with Crippen LogP contribution in [-0.2, 0) is 11.4 Å². The third kappa shape index (κ3) is 4.42. The lowest BCUT2D eigenvalue weighted by atomic mass is 10.1. The summed E-state index contributed by atoms with van der Waals surface area (Å²) in [4.78, 5) is 10.5. The Morgan fingerprint density at radius 1 is 1.10 bits per heavy atom. The molecule has 0 amide bonds. The van der Waals surface area contributed by atoms with Gasteiger partial charge in [0.05, 0.1) is 0 Å². The summed E-state index contributed by atoms with van der Waals surface area (Å²) >= 11 is 0. The molecule has 0 radical (unpaired) electrons. The maximum Gasteiger partial charge on any atom is 0.328 e. The topological polar surface area (TPSA) is 46.5 Å². The minimum Gasteiger partial charge on any atom is -0.488 e. The highest BCUT2D eigenvalue weighted by Crippen LogP contribution is 2.22. The van der Waals surface area contributed by atoms with E-state index in [1.54, 1.807) is 12.1 Å². The van der Waals surface area contributed by atoms with Crippen molar-refractivity contribution in [3.8, 4) is 5.75 Å². The van der Waals surface area contributed by atoms with E-state index in [-0.39, 0.29) is 12.4 Å². The van der Waals surface area contributed by atoms with Crippen molar-refractivity contribution in [2.45, 2.75) is 6.61 Å². The molecular weight excluding hydrogens is 278 g/mol. The number of aliphatic carboxylic acids is 1. The summed E-state index contributed by atoms with van der Waals surface area (Å²) in [5, 5.41) is 8.61. The van der Waals surface area contributed by atoms with Gasteiger partial charge in [0.2, 0.25) is 0 Å². The highest BCUT2D eigenvalue weighted by Gasteiger charge is 2.04. The Morgan fingerprint density at radius 2 is 1.76 bits per heavy atom. The summed E-state index contributed by atoms with van der Waals surface area (Å²) in [6.45, 7) is 0.166. The molecular formula is C16H12F2O3. The highest BCUT2D eigenvalue weighted by atomic mass is 19.1. The van der Waals surface area contributed by atoms with Crippen LogP contribution in [0.4, 0.5) is 8.78 Å². The first-order valence-electron chi connectivity index (χ1n) is 6.12. The number of carboxylic acids is 1. The van der Waals surface area contributed by atoms with Crippen LogP contribution in [0.2, 0.25) is 0 Å². The summed E-state index contributed by atoms with van der Waals surface area (Å²) in [5.74, 6) is -1.62. The number of ether oxygens (including phenoxy) is 1. The summed E-state index contributed by atoms with van der Waals surface area (Å²) in [6, 6.07) is 9.60. The zero-order valence-corrected chi connectivity index (χ0v) is 10.9. The number of halogens is 2. The molecule has 5 heteroatoms. The molecule has 0 aliphatic carbocycles. The molecule has 0 heterocycles. The Morgan fingerprint density at radius 3 is 2.43 bits per heavy atom. The standard InChI is InChI=1S/C16H12F2O3/c17-13-4-1-11(2-5-13)10-21-15-7-6-14(18)9-12(15)3-8-16(19)20/h1-9H,10H2,(H,19,20)/b8-3+. The summed E-state index contributed by atoms with van der Waals surface area (Å²) in [5.41, 5.74) is 1.06. The van der Waals surface area contributed by atoms with E-state index in [0.29, 0.717) is 11.3 Å². The molecule has 0 fully saturated rings. The van der Waals surface area contributed by atoms with Gasteiger partial charge >= 0.3 is 5.97 Å². The second-order valence-corrected chi connectivity index (χ2v) is 4.27. The molecule has 0 atom stereocenters. The van der Waals surface area contributed by atoms with E-state index in [1.807, 2.05) is 0 Å². The van der Waals surface area contributed by atoms with E-state index >= 15 is 0 Å². The van der Waals surface area contributed by atoms with E-state index < -0.39 is 11.8 Å². The smallest absolute Gasteiger partial charge is 0.328 e. The fourth-order valence-electron chi connectivity index (χ4n) is 1.68. The van der Waals surface area contributed by atoms with Gasteiger partial charge in [0, 0.05) is 11.6 Å². The van der Waals surface area contributed by atoms with Crippen LogP contribution in [0, 0.1) is 11.6 Å². The van der Waals surface area contributed by atoms with E-state index in [1.165, 1.54) is 36.4 Å². The molecule has 21 heavy (non-hydrogen) atoms. The second-order valence-electron chi connectivity index (χ2n) is 4.27. The van der Waals surface area contributed by atoms with Crippen molar-refractivity contribution in [3.63, 3.8) is 0 Å². The number of hydrogen-bond donors (Lipinski definition) is 1. The zero-order chi connectivity index (χ0) is 15.2. The van der Waals surface area contributed by atoms with E-state index in [9.17, 15) is 13.6 Å². The molecule has 0 aromatic heterocycles.